The van der Waals surface area contributed by atoms with Crippen molar-refractivity contribution in [2.24, 2.45) is 0 Å². The first kappa shape index (κ1) is 18.0. The number of hydrogen-bond donors (Lipinski definition) is 2. The fraction of sp³-hybridized carbons (Fsp3) is 0.389. The number of benzene rings is 1. The molecule has 0 saturated heterocycles. The smallest absolute Gasteiger partial charge is 0.265 e. The Bertz CT molecular complexity index is 645. The third-order valence-electron chi connectivity index (χ3n) is 4.05. The van der Waals surface area contributed by atoms with E-state index < -0.39 is 0 Å². The molecule has 0 bridgehead atoms. The molecule has 3 rings (SSSR count). The molecule has 23 heavy (non-hydrogen) atoms. The molecule has 5 heteroatoms. The van der Waals surface area contributed by atoms with Gasteiger partial charge in [-0.3, -0.25) is 4.79 Å². The van der Waals surface area contributed by atoms with E-state index in [1.54, 1.807) is 11.3 Å². The van der Waals surface area contributed by atoms with E-state index >= 15 is 0 Å². The van der Waals surface area contributed by atoms with E-state index in [9.17, 15) is 4.79 Å². The van der Waals surface area contributed by atoms with Gasteiger partial charge < -0.3 is 10.6 Å². The number of carbonyl (C=O) groups is 1. The predicted molar refractivity (Wildman–Crippen MR) is 100.0 cm³/mol. The second kappa shape index (κ2) is 8.48. The molecule has 2 N–H and O–H groups in total. The summed E-state index contributed by atoms with van der Waals surface area (Å²) in [5, 5.41) is 6.39. The van der Waals surface area contributed by atoms with Crippen LogP contribution >= 0.6 is 23.7 Å². The summed E-state index contributed by atoms with van der Waals surface area (Å²) in [4.78, 5) is 14.8. The fourth-order valence-electron chi connectivity index (χ4n) is 2.84. The number of amides is 1. The summed E-state index contributed by atoms with van der Waals surface area (Å²) in [5.41, 5.74) is 3.40. The van der Waals surface area contributed by atoms with Crippen LogP contribution in [0.3, 0.4) is 0 Å². The lowest BCUT2D eigenvalue weighted by atomic mass is 9.99. The van der Waals surface area contributed by atoms with Crippen LogP contribution < -0.4 is 10.6 Å². The van der Waals surface area contributed by atoms with Crippen LogP contribution in [-0.4, -0.2) is 12.5 Å². The van der Waals surface area contributed by atoms with E-state index in [-0.39, 0.29) is 18.3 Å². The first-order valence-corrected chi connectivity index (χ1v) is 8.81. The standard InChI is InChI=1S/C18H22N2OS.ClH/c1-2-19-12-14-8-3-5-9-15(14)20-18(21)17-11-13-7-4-6-10-16(13)22-17;/h3,5,8-9,11,19H,2,4,6-7,10,12H2,1H3,(H,20,21);1H. The van der Waals surface area contributed by atoms with Crippen molar-refractivity contribution in [2.45, 2.75) is 39.2 Å². The molecule has 1 aliphatic rings. The Balaban J connectivity index is 0.00000192. The third-order valence-corrected chi connectivity index (χ3v) is 5.29. The third kappa shape index (κ3) is 4.34. The maximum absolute atomic E-state index is 12.5. The van der Waals surface area contributed by atoms with Gasteiger partial charge >= 0.3 is 0 Å². The number of carbonyl (C=O) groups excluding carboxylic acids is 1. The summed E-state index contributed by atoms with van der Waals surface area (Å²) in [6.07, 6.45) is 4.75. The average molecular weight is 351 g/mol. The number of nitrogens with one attached hydrogen (secondary N) is 2. The summed E-state index contributed by atoms with van der Waals surface area (Å²) in [7, 11) is 0. The van der Waals surface area contributed by atoms with Crippen molar-refractivity contribution in [1.82, 2.24) is 5.32 Å². The fourth-order valence-corrected chi connectivity index (χ4v) is 3.99. The van der Waals surface area contributed by atoms with Crippen LogP contribution in [0.25, 0.3) is 0 Å². The van der Waals surface area contributed by atoms with Crippen molar-refractivity contribution >= 4 is 35.3 Å². The molecular weight excluding hydrogens is 328 g/mol. The number of rotatable bonds is 5. The predicted octanol–water partition coefficient (Wildman–Crippen LogP) is 4.41. The van der Waals surface area contributed by atoms with Crippen LogP contribution in [0.15, 0.2) is 30.3 Å². The number of fused-ring (bicyclic) bond motifs is 1. The molecule has 124 valence electrons. The lowest BCUT2D eigenvalue weighted by Gasteiger charge is -2.10. The Hall–Kier alpha value is -1.36. The van der Waals surface area contributed by atoms with Crippen molar-refractivity contribution in [3.63, 3.8) is 0 Å². The Labute approximate surface area is 147 Å². The zero-order valence-corrected chi connectivity index (χ0v) is 15.0. The zero-order valence-electron chi connectivity index (χ0n) is 13.4. The molecule has 0 spiro atoms. The maximum Gasteiger partial charge on any atom is 0.265 e. The van der Waals surface area contributed by atoms with Gasteiger partial charge in [-0.1, -0.05) is 25.1 Å². The molecule has 2 aromatic rings. The summed E-state index contributed by atoms with van der Waals surface area (Å²) in [5.74, 6) is 0.0170. The summed E-state index contributed by atoms with van der Waals surface area (Å²) >= 11 is 1.66. The summed E-state index contributed by atoms with van der Waals surface area (Å²) < 4.78 is 0. The quantitative estimate of drug-likeness (QED) is 0.838. The molecule has 1 aliphatic carbocycles. The summed E-state index contributed by atoms with van der Waals surface area (Å²) in [6, 6.07) is 10.1. The average Bonchev–Trinajstić information content (AvgIpc) is 2.98. The second-order valence-corrected chi connectivity index (χ2v) is 6.79. The van der Waals surface area contributed by atoms with Gasteiger partial charge in [-0.25, -0.2) is 0 Å². The highest BCUT2D eigenvalue weighted by Crippen LogP contribution is 2.30. The Morgan fingerprint density at radius 2 is 2.00 bits per heavy atom. The van der Waals surface area contributed by atoms with E-state index in [0.29, 0.717) is 0 Å². The molecule has 0 radical (unpaired) electrons. The molecule has 1 aromatic heterocycles. The zero-order chi connectivity index (χ0) is 15.4. The minimum absolute atomic E-state index is 0. The number of thiophene rings is 1. The molecule has 1 aromatic carbocycles. The van der Waals surface area contributed by atoms with Gasteiger partial charge in [0.1, 0.15) is 0 Å². The van der Waals surface area contributed by atoms with Crippen LogP contribution in [-0.2, 0) is 19.4 Å². The van der Waals surface area contributed by atoms with Gasteiger partial charge in [-0.05, 0) is 55.5 Å². The van der Waals surface area contributed by atoms with E-state index in [2.05, 4.69) is 29.7 Å². The molecule has 0 unspecified atom stereocenters. The van der Waals surface area contributed by atoms with Gasteiger partial charge in [0.2, 0.25) is 0 Å². The van der Waals surface area contributed by atoms with Crippen LogP contribution in [0.4, 0.5) is 5.69 Å². The molecule has 1 heterocycles. The molecular formula is C18H23ClN2OS. The first-order valence-electron chi connectivity index (χ1n) is 7.99. The molecule has 3 nitrogen and oxygen atoms in total. The van der Waals surface area contributed by atoms with Gasteiger partial charge in [-0.2, -0.15) is 0 Å². The van der Waals surface area contributed by atoms with E-state index in [1.165, 1.54) is 23.3 Å². The van der Waals surface area contributed by atoms with Crippen molar-refractivity contribution < 1.29 is 4.79 Å². The van der Waals surface area contributed by atoms with Gasteiger partial charge in [0.05, 0.1) is 4.88 Å². The molecule has 0 aliphatic heterocycles. The maximum atomic E-state index is 12.5. The topological polar surface area (TPSA) is 41.1 Å². The Morgan fingerprint density at radius 1 is 1.22 bits per heavy atom. The molecule has 0 atom stereocenters. The highest BCUT2D eigenvalue weighted by atomic mass is 35.5. The minimum atomic E-state index is 0. The molecule has 0 fully saturated rings. The number of halogens is 1. The van der Waals surface area contributed by atoms with Gasteiger partial charge in [0.25, 0.3) is 5.91 Å². The number of hydrogen-bond acceptors (Lipinski definition) is 3. The monoisotopic (exact) mass is 350 g/mol. The summed E-state index contributed by atoms with van der Waals surface area (Å²) in [6.45, 7) is 3.77. The van der Waals surface area contributed by atoms with Crippen LogP contribution in [0.5, 0.6) is 0 Å². The van der Waals surface area contributed by atoms with Gasteiger partial charge in [0.15, 0.2) is 0 Å². The SMILES string of the molecule is CCNCc1ccccc1NC(=O)c1cc2c(s1)CCCC2.Cl. The lowest BCUT2D eigenvalue weighted by molar-refractivity contribution is 0.103. The van der Waals surface area contributed by atoms with Crippen molar-refractivity contribution in [3.8, 4) is 0 Å². The van der Waals surface area contributed by atoms with E-state index in [4.69, 9.17) is 0 Å². The highest BCUT2D eigenvalue weighted by Gasteiger charge is 2.17. The minimum Gasteiger partial charge on any atom is -0.321 e. The first-order chi connectivity index (χ1) is 10.8. The van der Waals surface area contributed by atoms with Crippen molar-refractivity contribution in [3.05, 3.63) is 51.2 Å². The van der Waals surface area contributed by atoms with E-state index in [0.717, 1.165) is 42.1 Å². The van der Waals surface area contributed by atoms with Gasteiger partial charge in [0, 0.05) is 17.1 Å². The van der Waals surface area contributed by atoms with E-state index in [1.807, 2.05) is 18.2 Å². The number of para-hydroxylation sites is 1. The van der Waals surface area contributed by atoms with Crippen LogP contribution in [0.2, 0.25) is 0 Å². The second-order valence-electron chi connectivity index (χ2n) is 5.66. The van der Waals surface area contributed by atoms with Gasteiger partial charge in [-0.15, -0.1) is 23.7 Å². The normalized spacial score (nSPS) is 13.1. The number of aryl methyl sites for hydroxylation is 2. The molecule has 1 amide bonds. The lowest BCUT2D eigenvalue weighted by Crippen LogP contribution is -2.16. The molecule has 0 saturated carbocycles. The van der Waals surface area contributed by atoms with Crippen LogP contribution in [0.1, 0.15) is 45.4 Å². The van der Waals surface area contributed by atoms with Crippen molar-refractivity contribution in [2.75, 3.05) is 11.9 Å². The largest absolute Gasteiger partial charge is 0.321 e. The number of anilines is 1. The van der Waals surface area contributed by atoms with Crippen molar-refractivity contribution in [1.29, 1.82) is 0 Å². The Kier molecular flexibility index (Phi) is 6.63. The Morgan fingerprint density at radius 3 is 2.78 bits per heavy atom. The highest BCUT2D eigenvalue weighted by molar-refractivity contribution is 7.14. The van der Waals surface area contributed by atoms with Crippen LogP contribution in [0, 0.1) is 0 Å².